The van der Waals surface area contributed by atoms with Crippen LogP contribution in [0.5, 0.6) is 5.75 Å². The molecule has 1 saturated carbocycles. The molecule has 0 bridgehead atoms. The molecule has 0 spiro atoms. The lowest BCUT2D eigenvalue weighted by Gasteiger charge is -2.16. The maximum atomic E-state index is 10.9. The van der Waals surface area contributed by atoms with Gasteiger partial charge in [-0.15, -0.1) is 0 Å². The first-order valence-electron chi connectivity index (χ1n) is 6.52. The molecular weight excluding hydrogens is 228 g/mol. The van der Waals surface area contributed by atoms with Crippen molar-refractivity contribution >= 4 is 5.97 Å². The van der Waals surface area contributed by atoms with Crippen LogP contribution in [0.4, 0.5) is 0 Å². The number of methoxy groups -OCH3 is 1. The summed E-state index contributed by atoms with van der Waals surface area (Å²) in [6.45, 7) is 2.16. The number of hydrogen-bond acceptors (Lipinski definition) is 2. The van der Waals surface area contributed by atoms with Gasteiger partial charge in [0.15, 0.2) is 0 Å². The maximum absolute atomic E-state index is 10.9. The molecule has 98 valence electrons. The largest absolute Gasteiger partial charge is 0.497 e. The number of benzene rings is 1. The van der Waals surface area contributed by atoms with Crippen molar-refractivity contribution in [3.63, 3.8) is 0 Å². The van der Waals surface area contributed by atoms with Crippen LogP contribution in [-0.2, 0) is 4.79 Å². The minimum Gasteiger partial charge on any atom is -0.497 e. The van der Waals surface area contributed by atoms with Crippen molar-refractivity contribution in [3.8, 4) is 5.75 Å². The van der Waals surface area contributed by atoms with E-state index in [9.17, 15) is 4.79 Å². The quantitative estimate of drug-likeness (QED) is 0.840. The van der Waals surface area contributed by atoms with E-state index in [0.717, 1.165) is 25.0 Å². The molecule has 0 heterocycles. The summed E-state index contributed by atoms with van der Waals surface area (Å²) >= 11 is 0. The summed E-state index contributed by atoms with van der Waals surface area (Å²) in [4.78, 5) is 10.9. The molecule has 18 heavy (non-hydrogen) atoms. The smallest absolute Gasteiger partial charge is 0.306 e. The van der Waals surface area contributed by atoms with Crippen LogP contribution in [0.3, 0.4) is 0 Å². The molecule has 1 aliphatic carbocycles. The van der Waals surface area contributed by atoms with Crippen LogP contribution < -0.4 is 4.74 Å². The Balaban J connectivity index is 2.02. The molecule has 1 aromatic rings. The third kappa shape index (κ3) is 2.84. The topological polar surface area (TPSA) is 46.5 Å². The summed E-state index contributed by atoms with van der Waals surface area (Å²) in [5.74, 6) is 0.926. The minimum atomic E-state index is -0.638. The molecule has 3 unspecified atom stereocenters. The van der Waals surface area contributed by atoms with Crippen LogP contribution in [0.25, 0.3) is 0 Å². The molecule has 3 nitrogen and oxygen atoms in total. The number of rotatable bonds is 6. The number of aliphatic carboxylic acids is 1. The van der Waals surface area contributed by atoms with Gasteiger partial charge in [0.05, 0.1) is 13.0 Å². The van der Waals surface area contributed by atoms with Crippen LogP contribution in [0, 0.1) is 11.8 Å². The van der Waals surface area contributed by atoms with Gasteiger partial charge in [0.1, 0.15) is 5.75 Å². The first-order valence-corrected chi connectivity index (χ1v) is 6.52. The first kappa shape index (κ1) is 12.9. The third-order valence-electron chi connectivity index (χ3n) is 3.89. The van der Waals surface area contributed by atoms with E-state index >= 15 is 0 Å². The predicted octanol–water partition coefficient (Wildman–Crippen LogP) is 3.30. The van der Waals surface area contributed by atoms with Crippen LogP contribution in [0.2, 0.25) is 0 Å². The second kappa shape index (κ2) is 5.42. The van der Waals surface area contributed by atoms with Crippen molar-refractivity contribution in [2.75, 3.05) is 7.11 Å². The average molecular weight is 248 g/mol. The molecule has 1 aromatic carbocycles. The van der Waals surface area contributed by atoms with Crippen molar-refractivity contribution in [1.82, 2.24) is 0 Å². The molecule has 1 fully saturated rings. The Bertz CT molecular complexity index is 428. The zero-order valence-corrected chi connectivity index (χ0v) is 10.9. The van der Waals surface area contributed by atoms with Gasteiger partial charge >= 0.3 is 5.97 Å². The zero-order chi connectivity index (χ0) is 13.1. The lowest BCUT2D eigenvalue weighted by molar-refractivity contribution is -0.138. The SMILES string of the molecule is CCC(CC1CC1C(=O)O)c1cccc(OC)c1. The number of ether oxygens (including phenoxy) is 1. The highest BCUT2D eigenvalue weighted by atomic mass is 16.5. The van der Waals surface area contributed by atoms with Gasteiger partial charge < -0.3 is 9.84 Å². The van der Waals surface area contributed by atoms with Crippen molar-refractivity contribution in [2.45, 2.75) is 32.1 Å². The van der Waals surface area contributed by atoms with E-state index in [2.05, 4.69) is 19.1 Å². The summed E-state index contributed by atoms with van der Waals surface area (Å²) in [7, 11) is 1.67. The van der Waals surface area contributed by atoms with Gasteiger partial charge in [0.25, 0.3) is 0 Å². The Hall–Kier alpha value is -1.51. The normalized spacial score (nSPS) is 23.4. The second-order valence-corrected chi connectivity index (χ2v) is 5.06. The van der Waals surface area contributed by atoms with Crippen molar-refractivity contribution < 1.29 is 14.6 Å². The third-order valence-corrected chi connectivity index (χ3v) is 3.89. The zero-order valence-electron chi connectivity index (χ0n) is 10.9. The van der Waals surface area contributed by atoms with E-state index in [1.54, 1.807) is 7.11 Å². The predicted molar refractivity (Wildman–Crippen MR) is 69.9 cm³/mol. The van der Waals surface area contributed by atoms with Crippen molar-refractivity contribution in [2.24, 2.45) is 11.8 Å². The minimum absolute atomic E-state index is 0.107. The molecule has 0 aromatic heterocycles. The lowest BCUT2D eigenvalue weighted by atomic mass is 9.90. The Kier molecular flexibility index (Phi) is 3.90. The number of carboxylic acids is 1. The fourth-order valence-corrected chi connectivity index (χ4v) is 2.61. The molecule has 0 aliphatic heterocycles. The number of carbonyl (C=O) groups is 1. The Labute approximate surface area is 108 Å². The van der Waals surface area contributed by atoms with E-state index < -0.39 is 5.97 Å². The fourth-order valence-electron chi connectivity index (χ4n) is 2.61. The van der Waals surface area contributed by atoms with E-state index in [-0.39, 0.29) is 5.92 Å². The monoisotopic (exact) mass is 248 g/mol. The second-order valence-electron chi connectivity index (χ2n) is 5.06. The molecule has 1 aliphatic rings. The first-order chi connectivity index (χ1) is 8.65. The molecule has 0 saturated heterocycles. The van der Waals surface area contributed by atoms with E-state index in [1.807, 2.05) is 12.1 Å². The van der Waals surface area contributed by atoms with Crippen molar-refractivity contribution in [1.29, 1.82) is 0 Å². The number of carboxylic acid groups (broad SMARTS) is 1. The van der Waals surface area contributed by atoms with Gasteiger partial charge in [0, 0.05) is 0 Å². The lowest BCUT2D eigenvalue weighted by Crippen LogP contribution is -2.04. The van der Waals surface area contributed by atoms with Gasteiger partial charge in [-0.2, -0.15) is 0 Å². The fraction of sp³-hybridized carbons (Fsp3) is 0.533. The Morgan fingerprint density at radius 1 is 1.56 bits per heavy atom. The highest BCUT2D eigenvalue weighted by Crippen LogP contribution is 2.46. The molecule has 2 rings (SSSR count). The Morgan fingerprint density at radius 2 is 2.33 bits per heavy atom. The van der Waals surface area contributed by atoms with E-state index in [4.69, 9.17) is 9.84 Å². The van der Waals surface area contributed by atoms with E-state index in [1.165, 1.54) is 5.56 Å². The summed E-state index contributed by atoms with van der Waals surface area (Å²) in [6.07, 6.45) is 2.85. The van der Waals surface area contributed by atoms with Crippen molar-refractivity contribution in [3.05, 3.63) is 29.8 Å². The van der Waals surface area contributed by atoms with E-state index in [0.29, 0.717) is 11.8 Å². The van der Waals surface area contributed by atoms with Crippen LogP contribution in [0.1, 0.15) is 37.7 Å². The van der Waals surface area contributed by atoms with Gasteiger partial charge in [-0.1, -0.05) is 19.1 Å². The Morgan fingerprint density at radius 3 is 2.89 bits per heavy atom. The summed E-state index contributed by atoms with van der Waals surface area (Å²) in [6, 6.07) is 8.10. The standard InChI is InChI=1S/C15H20O3/c1-3-10(7-12-9-14(12)15(16)17)11-5-4-6-13(8-11)18-2/h4-6,8,10,12,14H,3,7,9H2,1-2H3,(H,16,17). The van der Waals surface area contributed by atoms with Gasteiger partial charge in [-0.05, 0) is 48.8 Å². The van der Waals surface area contributed by atoms with Crippen LogP contribution in [-0.4, -0.2) is 18.2 Å². The van der Waals surface area contributed by atoms with Gasteiger partial charge in [-0.3, -0.25) is 4.79 Å². The summed E-state index contributed by atoms with van der Waals surface area (Å²) < 4.78 is 5.24. The molecule has 1 N–H and O–H groups in total. The highest BCUT2D eigenvalue weighted by molar-refractivity contribution is 5.73. The molecular formula is C15H20O3. The summed E-state index contributed by atoms with van der Waals surface area (Å²) in [5, 5.41) is 8.94. The van der Waals surface area contributed by atoms with Crippen LogP contribution >= 0.6 is 0 Å². The summed E-state index contributed by atoms with van der Waals surface area (Å²) in [5.41, 5.74) is 1.26. The molecule has 3 heteroatoms. The molecule has 0 amide bonds. The highest BCUT2D eigenvalue weighted by Gasteiger charge is 2.43. The maximum Gasteiger partial charge on any atom is 0.306 e. The average Bonchev–Trinajstić information content (AvgIpc) is 3.15. The van der Waals surface area contributed by atoms with Gasteiger partial charge in [-0.25, -0.2) is 0 Å². The van der Waals surface area contributed by atoms with Crippen LogP contribution in [0.15, 0.2) is 24.3 Å². The molecule has 3 atom stereocenters. The van der Waals surface area contributed by atoms with Gasteiger partial charge in [0.2, 0.25) is 0 Å². The molecule has 0 radical (unpaired) electrons. The number of hydrogen-bond donors (Lipinski definition) is 1.